The lowest BCUT2D eigenvalue weighted by atomic mass is 10.0. The third kappa shape index (κ3) is 4.87. The number of anilines is 1. The van der Waals surface area contributed by atoms with Gasteiger partial charge in [-0.15, -0.1) is 5.10 Å². The van der Waals surface area contributed by atoms with Gasteiger partial charge in [-0.05, 0) is 49.4 Å². The Morgan fingerprint density at radius 3 is 2.52 bits per heavy atom. The van der Waals surface area contributed by atoms with E-state index in [1.165, 1.54) is 41.2 Å². The number of aromatic nitrogens is 3. The van der Waals surface area contributed by atoms with Crippen molar-refractivity contribution in [2.24, 2.45) is 0 Å². The molecule has 0 aliphatic rings. The van der Waals surface area contributed by atoms with E-state index in [1.807, 2.05) is 0 Å². The molecule has 0 aliphatic heterocycles. The fraction of sp³-hybridized carbons (Fsp3) is 0.200. The summed E-state index contributed by atoms with van der Waals surface area (Å²) in [5, 5.41) is 29.2. The van der Waals surface area contributed by atoms with Crippen LogP contribution in [-0.4, -0.2) is 31.6 Å². The van der Waals surface area contributed by atoms with Gasteiger partial charge < -0.3 is 10.4 Å². The second-order valence-electron chi connectivity index (χ2n) is 6.88. The van der Waals surface area contributed by atoms with Gasteiger partial charge in [-0.1, -0.05) is 5.21 Å². The number of nitrogens with one attached hydrogen (secondary N) is 1. The number of rotatable bonds is 5. The second kappa shape index (κ2) is 8.16. The molecule has 2 aromatic carbocycles. The average molecular weight is 433 g/mol. The smallest absolute Gasteiger partial charge is 0.378 e. The Bertz CT molecular complexity index is 1150. The lowest BCUT2D eigenvalue weighted by molar-refractivity contribution is -0.138. The van der Waals surface area contributed by atoms with Crippen molar-refractivity contribution in [1.29, 1.82) is 5.26 Å². The maximum Gasteiger partial charge on any atom is 0.417 e. The number of carbonyl (C=O) groups excluding carboxylic acids is 1. The Kier molecular flexibility index (Phi) is 5.77. The van der Waals surface area contributed by atoms with E-state index in [9.17, 15) is 27.5 Å². The number of halogens is 4. The SMILES string of the molecule is C[C@](O)(Cn1nncc1-c1ccc(F)cc1)C(=O)Nc1ccc(C#N)c(C(F)(F)F)c1. The highest BCUT2D eigenvalue weighted by atomic mass is 19.4. The summed E-state index contributed by atoms with van der Waals surface area (Å²) in [7, 11) is 0. The Morgan fingerprint density at radius 2 is 1.90 bits per heavy atom. The minimum absolute atomic E-state index is 0.242. The third-order valence-corrected chi connectivity index (χ3v) is 4.41. The van der Waals surface area contributed by atoms with Gasteiger partial charge in [0.2, 0.25) is 0 Å². The number of aliphatic hydroxyl groups is 1. The molecule has 11 heteroatoms. The van der Waals surface area contributed by atoms with Crippen LogP contribution in [0.2, 0.25) is 0 Å². The molecule has 1 amide bonds. The maximum atomic E-state index is 13.1. The maximum absolute atomic E-state index is 13.1. The molecule has 0 saturated carbocycles. The van der Waals surface area contributed by atoms with Crippen molar-refractivity contribution in [2.75, 3.05) is 5.32 Å². The monoisotopic (exact) mass is 433 g/mol. The summed E-state index contributed by atoms with van der Waals surface area (Å²) in [4.78, 5) is 12.5. The number of benzene rings is 2. The molecule has 1 atom stereocenters. The molecule has 0 fully saturated rings. The van der Waals surface area contributed by atoms with Crippen LogP contribution in [0.15, 0.2) is 48.7 Å². The van der Waals surface area contributed by atoms with Crippen LogP contribution in [0.5, 0.6) is 0 Å². The van der Waals surface area contributed by atoms with Crippen molar-refractivity contribution in [3.8, 4) is 17.3 Å². The van der Waals surface area contributed by atoms with E-state index in [-0.39, 0.29) is 12.2 Å². The van der Waals surface area contributed by atoms with Crippen LogP contribution in [0.3, 0.4) is 0 Å². The topological polar surface area (TPSA) is 104 Å². The molecule has 3 aromatic rings. The lowest BCUT2D eigenvalue weighted by Gasteiger charge is -2.23. The minimum Gasteiger partial charge on any atom is -0.378 e. The Labute approximate surface area is 173 Å². The van der Waals surface area contributed by atoms with E-state index in [0.717, 1.165) is 19.1 Å². The average Bonchev–Trinajstić information content (AvgIpc) is 3.15. The summed E-state index contributed by atoms with van der Waals surface area (Å²) in [5.74, 6) is -1.44. The zero-order valence-electron chi connectivity index (χ0n) is 16.0. The van der Waals surface area contributed by atoms with Crippen LogP contribution in [0.25, 0.3) is 11.3 Å². The van der Waals surface area contributed by atoms with Gasteiger partial charge in [-0.25, -0.2) is 9.07 Å². The van der Waals surface area contributed by atoms with Gasteiger partial charge in [-0.3, -0.25) is 4.79 Å². The largest absolute Gasteiger partial charge is 0.417 e. The van der Waals surface area contributed by atoms with Crippen LogP contribution < -0.4 is 5.32 Å². The van der Waals surface area contributed by atoms with Crippen LogP contribution in [0.1, 0.15) is 18.1 Å². The van der Waals surface area contributed by atoms with Crippen molar-refractivity contribution in [3.05, 3.63) is 65.6 Å². The summed E-state index contributed by atoms with van der Waals surface area (Å²) >= 11 is 0. The van der Waals surface area contributed by atoms with E-state index in [2.05, 4.69) is 15.6 Å². The second-order valence-corrected chi connectivity index (χ2v) is 6.88. The Morgan fingerprint density at radius 1 is 1.23 bits per heavy atom. The number of nitriles is 1. The normalized spacial score (nSPS) is 13.3. The molecule has 3 rings (SSSR count). The number of amides is 1. The van der Waals surface area contributed by atoms with Crippen LogP contribution in [0, 0.1) is 17.1 Å². The van der Waals surface area contributed by atoms with Crippen LogP contribution in [0.4, 0.5) is 23.2 Å². The summed E-state index contributed by atoms with van der Waals surface area (Å²) in [6.45, 7) is 0.778. The van der Waals surface area contributed by atoms with Crippen molar-refractivity contribution in [1.82, 2.24) is 15.0 Å². The standard InChI is InChI=1S/C20H15F4N5O2/c1-19(31,11-29-17(10-26-28-29)12-2-5-14(21)6-3-12)18(30)27-15-7-4-13(9-25)16(8-15)20(22,23)24/h2-8,10,31H,11H2,1H3,(H,27,30)/t19-/m0/s1. The summed E-state index contributed by atoms with van der Waals surface area (Å²) < 4.78 is 53.7. The van der Waals surface area contributed by atoms with E-state index < -0.39 is 34.6 Å². The van der Waals surface area contributed by atoms with Crippen molar-refractivity contribution < 1.29 is 27.5 Å². The van der Waals surface area contributed by atoms with Gasteiger partial charge in [0.1, 0.15) is 5.82 Å². The van der Waals surface area contributed by atoms with E-state index in [0.29, 0.717) is 17.3 Å². The molecule has 31 heavy (non-hydrogen) atoms. The first-order valence-electron chi connectivity index (χ1n) is 8.81. The van der Waals surface area contributed by atoms with Gasteiger partial charge in [0.15, 0.2) is 5.60 Å². The van der Waals surface area contributed by atoms with Gasteiger partial charge in [0.25, 0.3) is 5.91 Å². The van der Waals surface area contributed by atoms with Crippen LogP contribution in [-0.2, 0) is 17.5 Å². The van der Waals surface area contributed by atoms with Gasteiger partial charge in [0, 0.05) is 11.3 Å². The van der Waals surface area contributed by atoms with E-state index in [1.54, 1.807) is 0 Å². The highest BCUT2D eigenvalue weighted by Crippen LogP contribution is 2.33. The molecule has 0 radical (unpaired) electrons. The number of hydrogen-bond acceptors (Lipinski definition) is 5. The van der Waals surface area contributed by atoms with E-state index in [4.69, 9.17) is 5.26 Å². The Hall–Kier alpha value is -3.78. The molecule has 1 aromatic heterocycles. The molecule has 2 N–H and O–H groups in total. The Balaban J connectivity index is 1.81. The lowest BCUT2D eigenvalue weighted by Crippen LogP contribution is -2.44. The van der Waals surface area contributed by atoms with Gasteiger partial charge in [-0.2, -0.15) is 18.4 Å². The minimum atomic E-state index is -4.79. The van der Waals surface area contributed by atoms with E-state index >= 15 is 0 Å². The molecule has 0 aliphatic carbocycles. The molecule has 160 valence electrons. The molecule has 0 spiro atoms. The molecular formula is C20H15F4N5O2. The van der Waals surface area contributed by atoms with Crippen LogP contribution >= 0.6 is 0 Å². The highest BCUT2D eigenvalue weighted by Gasteiger charge is 2.35. The molecule has 0 saturated heterocycles. The van der Waals surface area contributed by atoms with Crippen molar-refractivity contribution in [3.63, 3.8) is 0 Å². The summed E-state index contributed by atoms with van der Waals surface area (Å²) in [6, 6.07) is 9.49. The van der Waals surface area contributed by atoms with Gasteiger partial charge >= 0.3 is 6.18 Å². The summed E-state index contributed by atoms with van der Waals surface area (Å²) in [5.41, 5.74) is -3.20. The van der Waals surface area contributed by atoms with Gasteiger partial charge in [0.05, 0.1) is 35.6 Å². The van der Waals surface area contributed by atoms with Crippen molar-refractivity contribution in [2.45, 2.75) is 25.2 Å². The molecule has 7 nitrogen and oxygen atoms in total. The predicted molar refractivity (Wildman–Crippen MR) is 101 cm³/mol. The number of carbonyl (C=O) groups is 1. The molecular weight excluding hydrogens is 418 g/mol. The zero-order chi connectivity index (χ0) is 22.8. The first kappa shape index (κ1) is 21.9. The molecule has 1 heterocycles. The third-order valence-electron chi connectivity index (χ3n) is 4.41. The number of alkyl halides is 3. The first-order chi connectivity index (χ1) is 14.5. The predicted octanol–water partition coefficient (Wildman–Crippen LogP) is 3.36. The number of hydrogen-bond donors (Lipinski definition) is 2. The quantitative estimate of drug-likeness (QED) is 0.601. The zero-order valence-corrected chi connectivity index (χ0v) is 16.0. The fourth-order valence-corrected chi connectivity index (χ4v) is 2.80. The highest BCUT2D eigenvalue weighted by molar-refractivity contribution is 5.97. The molecule has 0 unspecified atom stereocenters. The summed E-state index contributed by atoms with van der Waals surface area (Å²) in [6.07, 6.45) is -3.43. The first-order valence-corrected chi connectivity index (χ1v) is 8.81. The number of nitrogens with zero attached hydrogens (tertiary/aromatic N) is 4. The van der Waals surface area contributed by atoms with Crippen molar-refractivity contribution >= 4 is 11.6 Å². The fourth-order valence-electron chi connectivity index (χ4n) is 2.80. The molecule has 0 bridgehead atoms.